The summed E-state index contributed by atoms with van der Waals surface area (Å²) in [5.74, 6) is 0.396. The van der Waals surface area contributed by atoms with Gasteiger partial charge in [-0.05, 0) is 50.0 Å². The fourth-order valence-corrected chi connectivity index (χ4v) is 4.34. The number of nitrogens with two attached hydrogens (primary N) is 2. The minimum atomic E-state index is -4.16. The second-order valence-electron chi connectivity index (χ2n) is 8.06. The van der Waals surface area contributed by atoms with E-state index in [1.807, 2.05) is 0 Å². The third-order valence-corrected chi connectivity index (χ3v) is 6.11. The van der Waals surface area contributed by atoms with Crippen LogP contribution in [0.1, 0.15) is 42.5 Å². The number of halogens is 3. The molecular weight excluding hydrogens is 359 g/mol. The van der Waals surface area contributed by atoms with Gasteiger partial charge in [0.2, 0.25) is 0 Å². The molecule has 5 N–H and O–H groups in total. The Morgan fingerprint density at radius 1 is 1.15 bits per heavy atom. The number of hydrogen-bond acceptors (Lipinski definition) is 5. The van der Waals surface area contributed by atoms with Crippen LogP contribution in [0.2, 0.25) is 0 Å². The highest BCUT2D eigenvalue weighted by Crippen LogP contribution is 2.46. The van der Waals surface area contributed by atoms with Gasteiger partial charge in [-0.2, -0.15) is 13.2 Å². The van der Waals surface area contributed by atoms with Crippen LogP contribution in [0.5, 0.6) is 0 Å². The highest BCUT2D eigenvalue weighted by atomic mass is 19.4. The van der Waals surface area contributed by atoms with Crippen LogP contribution in [-0.4, -0.2) is 36.2 Å². The predicted octanol–water partition coefficient (Wildman–Crippen LogP) is 2.55. The summed E-state index contributed by atoms with van der Waals surface area (Å²) in [5.41, 5.74) is 12.3. The SMILES string of the molecule is Nc1cc(C(=O)NC2CCC(C(F)(F)F)CC2)c(N2CC3CC3C2)nc1N. The first-order valence-corrected chi connectivity index (χ1v) is 9.41. The van der Waals surface area contributed by atoms with E-state index in [1.54, 1.807) is 0 Å². The number of fused-ring (bicyclic) bond motifs is 1. The Kier molecular flexibility index (Phi) is 4.35. The number of alkyl halides is 3. The van der Waals surface area contributed by atoms with Crippen molar-refractivity contribution in [3.63, 3.8) is 0 Å². The third kappa shape index (κ3) is 3.64. The Hall–Kier alpha value is -2.19. The van der Waals surface area contributed by atoms with Crippen LogP contribution in [0.4, 0.5) is 30.5 Å². The summed E-state index contributed by atoms with van der Waals surface area (Å²) in [4.78, 5) is 19.2. The molecule has 6 nitrogen and oxygen atoms in total. The summed E-state index contributed by atoms with van der Waals surface area (Å²) < 4.78 is 38.4. The van der Waals surface area contributed by atoms with Gasteiger partial charge < -0.3 is 21.7 Å². The first-order valence-electron chi connectivity index (χ1n) is 9.41. The van der Waals surface area contributed by atoms with E-state index in [-0.39, 0.29) is 36.3 Å². The maximum Gasteiger partial charge on any atom is 0.391 e. The van der Waals surface area contributed by atoms with Gasteiger partial charge in [0.05, 0.1) is 17.2 Å². The molecule has 3 fully saturated rings. The number of carbonyl (C=O) groups excluding carboxylic acids is 1. The van der Waals surface area contributed by atoms with Crippen LogP contribution in [0.15, 0.2) is 6.07 Å². The third-order valence-electron chi connectivity index (χ3n) is 6.11. The van der Waals surface area contributed by atoms with Gasteiger partial charge in [-0.25, -0.2) is 4.98 Å². The molecule has 0 spiro atoms. The maximum absolute atomic E-state index is 12.8. The fourth-order valence-electron chi connectivity index (χ4n) is 4.34. The number of rotatable bonds is 3. The molecule has 0 bridgehead atoms. The van der Waals surface area contributed by atoms with Crippen molar-refractivity contribution >= 4 is 23.2 Å². The molecule has 1 aromatic heterocycles. The molecule has 148 valence electrons. The molecule has 27 heavy (non-hydrogen) atoms. The normalized spacial score (nSPS) is 30.1. The standard InChI is InChI=1S/C18H24F3N5O/c19-18(20,21)11-1-3-12(4-2-11)24-17(27)13-6-14(22)15(23)25-16(13)26-7-9-5-10(9)8-26/h6,9-12H,1-5,7-8,22H2,(H2,23,25)(H,24,27). The lowest BCUT2D eigenvalue weighted by molar-refractivity contribution is -0.182. The van der Waals surface area contributed by atoms with Crippen LogP contribution in [0, 0.1) is 17.8 Å². The fraction of sp³-hybridized carbons (Fsp3) is 0.667. The summed E-state index contributed by atoms with van der Waals surface area (Å²) in [6.07, 6.45) is -2.23. The molecule has 2 unspecified atom stereocenters. The summed E-state index contributed by atoms with van der Waals surface area (Å²) >= 11 is 0. The zero-order chi connectivity index (χ0) is 19.3. The number of amides is 1. The molecule has 1 aliphatic heterocycles. The summed E-state index contributed by atoms with van der Waals surface area (Å²) in [6, 6.07) is 1.26. The molecule has 3 aliphatic rings. The predicted molar refractivity (Wildman–Crippen MR) is 96.1 cm³/mol. The smallest absolute Gasteiger partial charge is 0.391 e. The highest BCUT2D eigenvalue weighted by Gasteiger charge is 2.46. The van der Waals surface area contributed by atoms with E-state index >= 15 is 0 Å². The minimum Gasteiger partial charge on any atom is -0.396 e. The van der Waals surface area contributed by atoms with Crippen molar-refractivity contribution in [2.24, 2.45) is 17.8 Å². The van der Waals surface area contributed by atoms with E-state index in [4.69, 9.17) is 11.5 Å². The second-order valence-corrected chi connectivity index (χ2v) is 8.06. The van der Waals surface area contributed by atoms with Crippen LogP contribution in [0.3, 0.4) is 0 Å². The second kappa shape index (κ2) is 6.45. The number of nitrogens with zero attached hydrogens (tertiary/aromatic N) is 2. The lowest BCUT2D eigenvalue weighted by Crippen LogP contribution is -2.40. The van der Waals surface area contributed by atoms with Gasteiger partial charge in [-0.15, -0.1) is 0 Å². The van der Waals surface area contributed by atoms with Crippen LogP contribution >= 0.6 is 0 Å². The van der Waals surface area contributed by atoms with Crippen molar-refractivity contribution in [1.82, 2.24) is 10.3 Å². The van der Waals surface area contributed by atoms with Crippen molar-refractivity contribution in [3.8, 4) is 0 Å². The first kappa shape index (κ1) is 18.2. The Labute approximate surface area is 155 Å². The average molecular weight is 383 g/mol. The number of anilines is 3. The van der Waals surface area contributed by atoms with E-state index in [1.165, 1.54) is 12.5 Å². The number of nitrogens with one attached hydrogen (secondary N) is 1. The molecule has 2 atom stereocenters. The van der Waals surface area contributed by atoms with Crippen molar-refractivity contribution in [2.75, 3.05) is 29.5 Å². The van der Waals surface area contributed by atoms with Gasteiger partial charge in [-0.1, -0.05) is 0 Å². The molecule has 2 aliphatic carbocycles. The molecule has 9 heteroatoms. The number of carbonyl (C=O) groups is 1. The topological polar surface area (TPSA) is 97.3 Å². The lowest BCUT2D eigenvalue weighted by Gasteiger charge is -2.30. The number of aromatic nitrogens is 1. The number of hydrogen-bond donors (Lipinski definition) is 3. The molecule has 0 radical (unpaired) electrons. The Morgan fingerprint density at radius 3 is 2.37 bits per heavy atom. The average Bonchev–Trinajstić information content (AvgIpc) is 3.22. The first-order chi connectivity index (χ1) is 12.7. The van der Waals surface area contributed by atoms with Gasteiger partial charge in [0.25, 0.3) is 5.91 Å². The minimum absolute atomic E-state index is 0.0406. The van der Waals surface area contributed by atoms with E-state index < -0.39 is 12.1 Å². The highest BCUT2D eigenvalue weighted by molar-refractivity contribution is 6.00. The molecule has 4 rings (SSSR count). The molecular formula is C18H24F3N5O. The van der Waals surface area contributed by atoms with E-state index in [2.05, 4.69) is 15.2 Å². The molecule has 2 saturated carbocycles. The van der Waals surface area contributed by atoms with Crippen LogP contribution in [-0.2, 0) is 0 Å². The number of nitrogen functional groups attached to an aromatic ring is 2. The lowest BCUT2D eigenvalue weighted by atomic mass is 9.85. The molecule has 1 saturated heterocycles. The van der Waals surface area contributed by atoms with E-state index in [0.717, 1.165) is 13.1 Å². The Balaban J connectivity index is 1.46. The quantitative estimate of drug-likeness (QED) is 0.745. The summed E-state index contributed by atoms with van der Waals surface area (Å²) in [7, 11) is 0. The van der Waals surface area contributed by atoms with E-state index in [9.17, 15) is 18.0 Å². The Morgan fingerprint density at radius 2 is 1.78 bits per heavy atom. The largest absolute Gasteiger partial charge is 0.396 e. The van der Waals surface area contributed by atoms with Gasteiger partial charge in [0, 0.05) is 19.1 Å². The van der Waals surface area contributed by atoms with E-state index in [0.29, 0.717) is 36.1 Å². The number of piperidine rings is 1. The van der Waals surface area contributed by atoms with Crippen molar-refractivity contribution < 1.29 is 18.0 Å². The molecule has 1 aromatic rings. The van der Waals surface area contributed by atoms with Crippen LogP contribution in [0.25, 0.3) is 0 Å². The molecule has 0 aromatic carbocycles. The summed E-state index contributed by atoms with van der Waals surface area (Å²) in [6.45, 7) is 1.69. The van der Waals surface area contributed by atoms with Crippen molar-refractivity contribution in [2.45, 2.75) is 44.3 Å². The van der Waals surface area contributed by atoms with Crippen molar-refractivity contribution in [1.29, 1.82) is 0 Å². The molecule has 2 heterocycles. The maximum atomic E-state index is 12.8. The van der Waals surface area contributed by atoms with Gasteiger partial charge in [-0.3, -0.25) is 4.79 Å². The van der Waals surface area contributed by atoms with Crippen molar-refractivity contribution in [3.05, 3.63) is 11.6 Å². The zero-order valence-corrected chi connectivity index (χ0v) is 14.9. The zero-order valence-electron chi connectivity index (χ0n) is 14.9. The van der Waals surface area contributed by atoms with Crippen LogP contribution < -0.4 is 21.7 Å². The monoisotopic (exact) mass is 383 g/mol. The van der Waals surface area contributed by atoms with Gasteiger partial charge in [0.1, 0.15) is 11.6 Å². The van der Waals surface area contributed by atoms with Gasteiger partial charge >= 0.3 is 6.18 Å². The molecule has 1 amide bonds. The Bertz CT molecular complexity index is 735. The summed E-state index contributed by atoms with van der Waals surface area (Å²) in [5, 5.41) is 2.87. The van der Waals surface area contributed by atoms with Gasteiger partial charge in [0.15, 0.2) is 0 Å². The number of pyridine rings is 1.